The maximum absolute atomic E-state index is 11.5. The Hall–Kier alpha value is -0.870. The first-order valence-electron chi connectivity index (χ1n) is 3.84. The standard InChI is InChI=1S/C9H5BrClNO2/c10-9(11)8(13)5-1-2-6-7(3-5)14-4-12-6/h1-4,9H. The van der Waals surface area contributed by atoms with Gasteiger partial charge in [-0.05, 0) is 18.2 Å². The van der Waals surface area contributed by atoms with Crippen molar-refractivity contribution in [1.29, 1.82) is 0 Å². The van der Waals surface area contributed by atoms with E-state index in [1.807, 2.05) is 0 Å². The molecule has 1 aromatic heterocycles. The molecule has 1 atom stereocenters. The first-order chi connectivity index (χ1) is 6.68. The van der Waals surface area contributed by atoms with Crippen LogP contribution in [0.15, 0.2) is 29.0 Å². The van der Waals surface area contributed by atoms with Crippen LogP contribution in [0.2, 0.25) is 0 Å². The number of hydrogen-bond acceptors (Lipinski definition) is 3. The molecule has 0 aliphatic rings. The Morgan fingerprint density at radius 1 is 1.57 bits per heavy atom. The van der Waals surface area contributed by atoms with Gasteiger partial charge in [0.1, 0.15) is 5.52 Å². The molecule has 72 valence electrons. The summed E-state index contributed by atoms with van der Waals surface area (Å²) in [5.74, 6) is -0.190. The van der Waals surface area contributed by atoms with Crippen LogP contribution in [-0.4, -0.2) is 15.1 Å². The largest absolute Gasteiger partial charge is 0.443 e. The third-order valence-electron chi connectivity index (χ3n) is 1.81. The van der Waals surface area contributed by atoms with Crippen LogP contribution in [0.4, 0.5) is 0 Å². The number of alkyl halides is 2. The molecular formula is C9H5BrClNO2. The predicted molar refractivity (Wildman–Crippen MR) is 56.9 cm³/mol. The molecule has 1 aromatic carbocycles. The number of ketones is 1. The van der Waals surface area contributed by atoms with Gasteiger partial charge in [-0.3, -0.25) is 4.79 Å². The zero-order valence-electron chi connectivity index (χ0n) is 6.91. The van der Waals surface area contributed by atoms with Crippen molar-refractivity contribution in [2.24, 2.45) is 0 Å². The highest BCUT2D eigenvalue weighted by atomic mass is 79.9. The van der Waals surface area contributed by atoms with Gasteiger partial charge in [0.15, 0.2) is 22.0 Å². The number of carbonyl (C=O) groups excluding carboxylic acids is 1. The van der Waals surface area contributed by atoms with E-state index < -0.39 is 4.29 Å². The molecule has 0 fully saturated rings. The van der Waals surface area contributed by atoms with Crippen molar-refractivity contribution >= 4 is 44.4 Å². The Morgan fingerprint density at radius 2 is 2.36 bits per heavy atom. The minimum Gasteiger partial charge on any atom is -0.443 e. The Bertz CT molecular complexity index is 480. The lowest BCUT2D eigenvalue weighted by Gasteiger charge is -1.99. The second kappa shape index (κ2) is 3.71. The van der Waals surface area contributed by atoms with Crippen molar-refractivity contribution in [3.8, 4) is 0 Å². The number of rotatable bonds is 2. The van der Waals surface area contributed by atoms with Gasteiger partial charge in [-0.2, -0.15) is 0 Å². The van der Waals surface area contributed by atoms with E-state index in [0.29, 0.717) is 11.1 Å². The second-order valence-electron chi connectivity index (χ2n) is 2.70. The molecule has 1 heterocycles. The lowest BCUT2D eigenvalue weighted by Crippen LogP contribution is -2.06. The van der Waals surface area contributed by atoms with Crippen LogP contribution in [0.5, 0.6) is 0 Å². The van der Waals surface area contributed by atoms with Gasteiger partial charge < -0.3 is 4.42 Å². The van der Waals surface area contributed by atoms with Crippen molar-refractivity contribution in [1.82, 2.24) is 4.98 Å². The Balaban J connectivity index is 2.48. The van der Waals surface area contributed by atoms with Crippen molar-refractivity contribution in [2.75, 3.05) is 0 Å². The smallest absolute Gasteiger partial charge is 0.191 e. The van der Waals surface area contributed by atoms with Gasteiger partial charge in [0, 0.05) is 5.56 Å². The van der Waals surface area contributed by atoms with Gasteiger partial charge in [0.25, 0.3) is 0 Å². The van der Waals surface area contributed by atoms with Crippen LogP contribution < -0.4 is 0 Å². The molecule has 14 heavy (non-hydrogen) atoms. The van der Waals surface area contributed by atoms with E-state index in [1.54, 1.807) is 18.2 Å². The van der Waals surface area contributed by atoms with E-state index >= 15 is 0 Å². The van der Waals surface area contributed by atoms with Gasteiger partial charge in [-0.15, -0.1) is 11.6 Å². The molecule has 3 nitrogen and oxygen atoms in total. The summed E-state index contributed by atoms with van der Waals surface area (Å²) in [5, 5.41) is 0. The molecular weight excluding hydrogens is 269 g/mol. The van der Waals surface area contributed by atoms with Crippen molar-refractivity contribution < 1.29 is 9.21 Å². The molecule has 0 N–H and O–H groups in total. The van der Waals surface area contributed by atoms with Crippen LogP contribution >= 0.6 is 27.5 Å². The van der Waals surface area contributed by atoms with E-state index in [1.165, 1.54) is 6.39 Å². The molecule has 2 rings (SSSR count). The van der Waals surface area contributed by atoms with Gasteiger partial charge in [-0.1, -0.05) is 15.9 Å². The highest BCUT2D eigenvalue weighted by Gasteiger charge is 2.14. The minimum atomic E-state index is -0.706. The van der Waals surface area contributed by atoms with Crippen molar-refractivity contribution in [3.05, 3.63) is 30.2 Å². The molecule has 0 saturated carbocycles. The zero-order chi connectivity index (χ0) is 10.1. The number of Topliss-reactive ketones (excluding diaryl/α,β-unsaturated/α-hetero) is 1. The monoisotopic (exact) mass is 273 g/mol. The van der Waals surface area contributed by atoms with Crippen LogP contribution in [0.1, 0.15) is 10.4 Å². The summed E-state index contributed by atoms with van der Waals surface area (Å²) in [6, 6.07) is 5.02. The number of fused-ring (bicyclic) bond motifs is 1. The predicted octanol–water partition coefficient (Wildman–Crippen LogP) is 2.97. The molecule has 5 heteroatoms. The number of oxazole rings is 1. The fraction of sp³-hybridized carbons (Fsp3) is 0.111. The van der Waals surface area contributed by atoms with E-state index in [2.05, 4.69) is 20.9 Å². The molecule has 0 aliphatic heterocycles. The number of aromatic nitrogens is 1. The highest BCUT2D eigenvalue weighted by Crippen LogP contribution is 2.18. The number of carbonyl (C=O) groups is 1. The molecule has 2 aromatic rings. The number of halogens is 2. The fourth-order valence-electron chi connectivity index (χ4n) is 1.13. The van der Waals surface area contributed by atoms with Gasteiger partial charge in [0.05, 0.1) is 0 Å². The van der Waals surface area contributed by atoms with Gasteiger partial charge in [0.2, 0.25) is 0 Å². The first kappa shape index (κ1) is 9.68. The third kappa shape index (κ3) is 1.67. The van der Waals surface area contributed by atoms with Crippen LogP contribution in [0, 0.1) is 0 Å². The maximum Gasteiger partial charge on any atom is 0.191 e. The lowest BCUT2D eigenvalue weighted by atomic mass is 10.1. The number of nitrogens with zero attached hydrogens (tertiary/aromatic N) is 1. The first-order valence-corrected chi connectivity index (χ1v) is 5.19. The summed E-state index contributed by atoms with van der Waals surface area (Å²) in [7, 11) is 0. The van der Waals surface area contributed by atoms with Crippen LogP contribution in [0.3, 0.4) is 0 Å². The Morgan fingerprint density at radius 3 is 3.07 bits per heavy atom. The van der Waals surface area contributed by atoms with Gasteiger partial charge in [-0.25, -0.2) is 4.98 Å². The van der Waals surface area contributed by atoms with E-state index in [-0.39, 0.29) is 5.78 Å². The molecule has 0 bridgehead atoms. The fourth-order valence-corrected chi connectivity index (χ4v) is 1.52. The van der Waals surface area contributed by atoms with Crippen LogP contribution in [0.25, 0.3) is 11.1 Å². The minimum absolute atomic E-state index is 0.190. The molecule has 0 amide bonds. The average Bonchev–Trinajstić information content (AvgIpc) is 2.62. The molecule has 0 saturated heterocycles. The normalized spacial score (nSPS) is 13.0. The highest BCUT2D eigenvalue weighted by molar-refractivity contribution is 9.10. The molecule has 1 unspecified atom stereocenters. The molecule has 0 aliphatic carbocycles. The topological polar surface area (TPSA) is 43.1 Å². The molecule has 0 radical (unpaired) electrons. The zero-order valence-corrected chi connectivity index (χ0v) is 9.25. The quantitative estimate of drug-likeness (QED) is 0.624. The SMILES string of the molecule is O=C(c1ccc2ncoc2c1)C(Cl)Br. The maximum atomic E-state index is 11.5. The third-order valence-corrected chi connectivity index (χ3v) is 2.43. The lowest BCUT2D eigenvalue weighted by molar-refractivity contribution is 0.101. The number of hydrogen-bond donors (Lipinski definition) is 0. The summed E-state index contributed by atoms with van der Waals surface area (Å²) in [4.78, 5) is 15.4. The van der Waals surface area contributed by atoms with E-state index in [4.69, 9.17) is 16.0 Å². The summed E-state index contributed by atoms with van der Waals surface area (Å²) in [6.45, 7) is 0. The Labute approximate surface area is 93.2 Å². The summed E-state index contributed by atoms with van der Waals surface area (Å²) in [6.07, 6.45) is 1.34. The van der Waals surface area contributed by atoms with Gasteiger partial charge >= 0.3 is 0 Å². The van der Waals surface area contributed by atoms with Crippen molar-refractivity contribution in [2.45, 2.75) is 4.29 Å². The van der Waals surface area contributed by atoms with E-state index in [9.17, 15) is 4.79 Å². The summed E-state index contributed by atoms with van der Waals surface area (Å²) in [5.41, 5.74) is 1.81. The van der Waals surface area contributed by atoms with Crippen LogP contribution in [-0.2, 0) is 0 Å². The second-order valence-corrected chi connectivity index (χ2v) is 4.58. The summed E-state index contributed by atoms with van der Waals surface area (Å²) >= 11 is 8.61. The Kier molecular flexibility index (Phi) is 2.56. The van der Waals surface area contributed by atoms with Crippen molar-refractivity contribution in [3.63, 3.8) is 0 Å². The number of benzene rings is 1. The average molecular weight is 275 g/mol. The summed E-state index contributed by atoms with van der Waals surface area (Å²) < 4.78 is 4.36. The molecule has 0 spiro atoms. The van der Waals surface area contributed by atoms with E-state index in [0.717, 1.165) is 5.52 Å².